The van der Waals surface area contributed by atoms with Crippen molar-refractivity contribution in [3.8, 4) is 0 Å². The Morgan fingerprint density at radius 3 is 3.00 bits per heavy atom. The van der Waals surface area contributed by atoms with E-state index in [1.807, 2.05) is 19.0 Å². The van der Waals surface area contributed by atoms with Crippen LogP contribution in [0.5, 0.6) is 0 Å². The Balaban J connectivity index is 2.76. The summed E-state index contributed by atoms with van der Waals surface area (Å²) in [5.41, 5.74) is -0.306. The average molecular weight is 245 g/mol. The summed E-state index contributed by atoms with van der Waals surface area (Å²) < 4.78 is 0. The van der Waals surface area contributed by atoms with Crippen LogP contribution in [-0.4, -0.2) is 37.2 Å². The average Bonchev–Trinajstić information content (AvgIpc) is 2.22. The molecule has 1 aromatic heterocycles. The van der Waals surface area contributed by atoms with E-state index in [1.165, 1.54) is 6.33 Å². The molecule has 0 aliphatic carbocycles. The molecule has 1 rings (SSSR count). The van der Waals surface area contributed by atoms with Crippen molar-refractivity contribution in [1.29, 1.82) is 0 Å². The molecular weight excluding hydrogens is 228 g/mol. The van der Waals surface area contributed by atoms with Crippen molar-refractivity contribution >= 4 is 17.4 Å². The van der Waals surface area contributed by atoms with E-state index in [4.69, 9.17) is 11.6 Å². The van der Waals surface area contributed by atoms with Gasteiger partial charge in [0.1, 0.15) is 5.02 Å². The van der Waals surface area contributed by atoms with E-state index in [2.05, 4.69) is 22.2 Å². The molecule has 2 N–H and O–H groups in total. The highest BCUT2D eigenvalue weighted by atomic mass is 35.5. The summed E-state index contributed by atoms with van der Waals surface area (Å²) in [4.78, 5) is 19.7. The third-order valence-corrected chi connectivity index (χ3v) is 2.62. The van der Waals surface area contributed by atoms with Gasteiger partial charge in [-0.1, -0.05) is 18.5 Å². The minimum Gasteiger partial charge on any atom is -0.358 e. The molecule has 6 heteroatoms. The second-order valence-electron chi connectivity index (χ2n) is 3.91. The van der Waals surface area contributed by atoms with E-state index < -0.39 is 0 Å². The topological polar surface area (TPSA) is 61.0 Å². The Morgan fingerprint density at radius 2 is 2.38 bits per heavy atom. The van der Waals surface area contributed by atoms with Gasteiger partial charge < -0.3 is 15.2 Å². The van der Waals surface area contributed by atoms with Gasteiger partial charge in [0.05, 0.1) is 6.33 Å². The smallest absolute Gasteiger partial charge is 0.271 e. The monoisotopic (exact) mass is 244 g/mol. The van der Waals surface area contributed by atoms with Crippen molar-refractivity contribution in [2.45, 2.75) is 6.92 Å². The lowest BCUT2D eigenvalue weighted by Gasteiger charge is -2.22. The summed E-state index contributed by atoms with van der Waals surface area (Å²) >= 11 is 5.89. The van der Waals surface area contributed by atoms with Crippen LogP contribution in [0.4, 0.5) is 5.82 Å². The van der Waals surface area contributed by atoms with Crippen LogP contribution < -0.4 is 15.8 Å². The molecule has 0 aromatic carbocycles. The number of nitrogens with one attached hydrogen (secondary N) is 2. The zero-order valence-electron chi connectivity index (χ0n) is 9.75. The number of halogens is 1. The zero-order chi connectivity index (χ0) is 12.1. The number of nitrogens with zero attached hydrogens (tertiary/aromatic N) is 2. The van der Waals surface area contributed by atoms with E-state index in [0.29, 0.717) is 11.7 Å². The highest BCUT2D eigenvalue weighted by molar-refractivity contribution is 6.32. The molecule has 0 saturated carbocycles. The fourth-order valence-corrected chi connectivity index (χ4v) is 1.85. The third kappa shape index (κ3) is 3.21. The first-order valence-electron chi connectivity index (χ1n) is 5.15. The van der Waals surface area contributed by atoms with Crippen LogP contribution in [0.3, 0.4) is 0 Å². The number of hydrogen-bond acceptors (Lipinski definition) is 4. The van der Waals surface area contributed by atoms with Crippen molar-refractivity contribution < 1.29 is 0 Å². The van der Waals surface area contributed by atoms with Gasteiger partial charge in [-0.25, -0.2) is 4.98 Å². The molecule has 0 saturated heterocycles. The van der Waals surface area contributed by atoms with E-state index in [9.17, 15) is 4.79 Å². The summed E-state index contributed by atoms with van der Waals surface area (Å²) in [7, 11) is 3.79. The maximum Gasteiger partial charge on any atom is 0.271 e. The van der Waals surface area contributed by atoms with Gasteiger partial charge in [-0.3, -0.25) is 4.79 Å². The molecule has 0 spiro atoms. The Labute approximate surface area is 99.8 Å². The first-order valence-corrected chi connectivity index (χ1v) is 5.53. The largest absolute Gasteiger partial charge is 0.358 e. The molecule has 1 unspecified atom stereocenters. The molecule has 1 aromatic rings. The van der Waals surface area contributed by atoms with Crippen LogP contribution in [0.2, 0.25) is 5.02 Å². The van der Waals surface area contributed by atoms with Crippen molar-refractivity contribution in [3.05, 3.63) is 21.7 Å². The van der Waals surface area contributed by atoms with Gasteiger partial charge in [0, 0.05) is 13.6 Å². The molecule has 1 heterocycles. The van der Waals surface area contributed by atoms with Gasteiger partial charge in [-0.05, 0) is 19.5 Å². The van der Waals surface area contributed by atoms with Crippen molar-refractivity contribution in [2.75, 3.05) is 32.1 Å². The Hall–Kier alpha value is -1.07. The zero-order valence-corrected chi connectivity index (χ0v) is 10.5. The molecule has 0 amide bonds. The summed E-state index contributed by atoms with van der Waals surface area (Å²) in [6.45, 7) is 3.82. The van der Waals surface area contributed by atoms with Crippen LogP contribution in [0.25, 0.3) is 0 Å². The fourth-order valence-electron chi connectivity index (χ4n) is 1.61. The number of rotatable bonds is 5. The molecule has 90 valence electrons. The van der Waals surface area contributed by atoms with E-state index >= 15 is 0 Å². The summed E-state index contributed by atoms with van der Waals surface area (Å²) in [6, 6.07) is 0. The molecule has 0 radical (unpaired) electrons. The van der Waals surface area contributed by atoms with Crippen LogP contribution >= 0.6 is 11.6 Å². The maximum atomic E-state index is 11.3. The predicted molar refractivity (Wildman–Crippen MR) is 66.2 cm³/mol. The van der Waals surface area contributed by atoms with Crippen LogP contribution in [-0.2, 0) is 0 Å². The van der Waals surface area contributed by atoms with E-state index in [0.717, 1.165) is 13.1 Å². The summed E-state index contributed by atoms with van der Waals surface area (Å²) in [5, 5.41) is 3.24. The molecule has 1 atom stereocenters. The minimum atomic E-state index is -0.306. The fraction of sp³-hybridized carbons (Fsp3) is 0.600. The summed E-state index contributed by atoms with van der Waals surface area (Å²) in [6.07, 6.45) is 1.36. The molecule has 0 bridgehead atoms. The third-order valence-electron chi connectivity index (χ3n) is 2.28. The lowest BCUT2D eigenvalue weighted by atomic mass is 10.1. The second kappa shape index (κ2) is 5.86. The lowest BCUT2D eigenvalue weighted by molar-refractivity contribution is 0.540. The molecular formula is C10H17ClN4O. The van der Waals surface area contributed by atoms with Gasteiger partial charge in [0.15, 0.2) is 5.82 Å². The minimum absolute atomic E-state index is 0.140. The number of anilines is 1. The number of H-pyrrole nitrogens is 1. The Bertz CT molecular complexity index is 393. The first-order chi connectivity index (χ1) is 7.56. The van der Waals surface area contributed by atoms with Gasteiger partial charge in [0.2, 0.25) is 0 Å². The molecule has 0 aliphatic heterocycles. The van der Waals surface area contributed by atoms with E-state index in [-0.39, 0.29) is 10.6 Å². The standard InChI is InChI=1S/C10H17ClN4O/c1-7(4-12-2)5-15(3)9-8(11)10(16)14-6-13-9/h6-7,12H,4-5H2,1-3H3,(H,13,14,16). The van der Waals surface area contributed by atoms with Crippen LogP contribution in [0.15, 0.2) is 11.1 Å². The first kappa shape index (κ1) is 13.0. The highest BCUT2D eigenvalue weighted by Crippen LogP contribution is 2.17. The van der Waals surface area contributed by atoms with Gasteiger partial charge in [-0.2, -0.15) is 0 Å². The molecule has 5 nitrogen and oxygen atoms in total. The molecule has 0 aliphatic rings. The van der Waals surface area contributed by atoms with Crippen molar-refractivity contribution in [3.63, 3.8) is 0 Å². The van der Waals surface area contributed by atoms with E-state index in [1.54, 1.807) is 0 Å². The van der Waals surface area contributed by atoms with Crippen LogP contribution in [0.1, 0.15) is 6.92 Å². The van der Waals surface area contributed by atoms with Gasteiger partial charge >= 0.3 is 0 Å². The van der Waals surface area contributed by atoms with Crippen molar-refractivity contribution in [2.24, 2.45) is 5.92 Å². The maximum absolute atomic E-state index is 11.3. The normalized spacial score (nSPS) is 12.5. The van der Waals surface area contributed by atoms with Crippen molar-refractivity contribution in [1.82, 2.24) is 15.3 Å². The highest BCUT2D eigenvalue weighted by Gasteiger charge is 2.12. The number of hydrogen-bond donors (Lipinski definition) is 2. The number of aromatic amines is 1. The quantitative estimate of drug-likeness (QED) is 0.801. The molecule has 0 fully saturated rings. The van der Waals surface area contributed by atoms with Gasteiger partial charge in [0.25, 0.3) is 5.56 Å². The molecule has 16 heavy (non-hydrogen) atoms. The van der Waals surface area contributed by atoms with Gasteiger partial charge in [-0.15, -0.1) is 0 Å². The second-order valence-corrected chi connectivity index (χ2v) is 4.29. The summed E-state index contributed by atoms with van der Waals surface area (Å²) in [5.74, 6) is 0.973. The Kier molecular flexibility index (Phi) is 4.76. The van der Waals surface area contributed by atoms with Crippen LogP contribution in [0, 0.1) is 5.92 Å². The Morgan fingerprint density at radius 1 is 1.69 bits per heavy atom. The predicted octanol–water partition coefficient (Wildman–Crippen LogP) is 0.715. The lowest BCUT2D eigenvalue weighted by Crippen LogP contribution is -2.31. The SMILES string of the molecule is CNCC(C)CN(C)c1nc[nH]c(=O)c1Cl. The number of aromatic nitrogens is 2.